The van der Waals surface area contributed by atoms with Crippen LogP contribution in [-0.2, 0) is 0 Å². The third kappa shape index (κ3) is 2.11. The molecule has 0 aliphatic carbocycles. The van der Waals surface area contributed by atoms with Gasteiger partial charge in [0.15, 0.2) is 23.2 Å². The summed E-state index contributed by atoms with van der Waals surface area (Å²) in [7, 11) is 1.22. The minimum atomic E-state index is -0.795. The Kier molecular flexibility index (Phi) is 3.23. The molecule has 4 rings (SSSR count). The van der Waals surface area contributed by atoms with E-state index in [1.807, 2.05) is 18.2 Å². The Labute approximate surface area is 134 Å². The Morgan fingerprint density at radius 2 is 1.96 bits per heavy atom. The second kappa shape index (κ2) is 5.41. The third-order valence-corrected chi connectivity index (χ3v) is 3.76. The van der Waals surface area contributed by atoms with Gasteiger partial charge in [-0.3, -0.25) is 10.2 Å². The molecule has 2 aromatic heterocycles. The van der Waals surface area contributed by atoms with Crippen molar-refractivity contribution in [2.45, 2.75) is 0 Å². The Morgan fingerprint density at radius 1 is 1.08 bits per heavy atom. The molecular formula is C16H11F2N5O. The highest BCUT2D eigenvalue weighted by atomic mass is 19.1. The van der Waals surface area contributed by atoms with Gasteiger partial charge in [0.1, 0.15) is 12.0 Å². The Balaban J connectivity index is 1.93. The van der Waals surface area contributed by atoms with Gasteiger partial charge in [0.2, 0.25) is 0 Å². The molecule has 0 radical (unpaired) electrons. The summed E-state index contributed by atoms with van der Waals surface area (Å²) in [5.74, 6) is -1.41. The summed E-state index contributed by atoms with van der Waals surface area (Å²) >= 11 is 0. The molecule has 0 unspecified atom stereocenters. The lowest BCUT2D eigenvalue weighted by Crippen LogP contribution is -1.95. The summed E-state index contributed by atoms with van der Waals surface area (Å²) in [6.07, 6.45) is 1.40. The zero-order chi connectivity index (χ0) is 16.7. The molecule has 0 atom stereocenters. The number of ether oxygens (including phenoxy) is 1. The van der Waals surface area contributed by atoms with Gasteiger partial charge in [-0.25, -0.2) is 13.8 Å². The average Bonchev–Trinajstić information content (AvgIpc) is 3.24. The number of nitrogens with zero attached hydrogens (tertiary/aromatic N) is 3. The predicted octanol–water partition coefficient (Wildman–Crippen LogP) is 3.30. The zero-order valence-corrected chi connectivity index (χ0v) is 12.5. The maximum Gasteiger partial charge on any atom is 0.191 e. The van der Waals surface area contributed by atoms with E-state index < -0.39 is 17.4 Å². The molecule has 0 spiro atoms. The summed E-state index contributed by atoms with van der Waals surface area (Å²) in [4.78, 5) is 4.10. The highest BCUT2D eigenvalue weighted by molar-refractivity contribution is 5.95. The minimum Gasteiger partial charge on any atom is -0.491 e. The smallest absolute Gasteiger partial charge is 0.191 e. The lowest BCUT2D eigenvalue weighted by atomic mass is 10.0. The van der Waals surface area contributed by atoms with E-state index in [1.165, 1.54) is 19.5 Å². The number of rotatable bonds is 3. The molecule has 0 amide bonds. The van der Waals surface area contributed by atoms with Gasteiger partial charge in [-0.15, -0.1) is 0 Å². The Hall–Kier alpha value is -3.29. The van der Waals surface area contributed by atoms with Gasteiger partial charge in [-0.1, -0.05) is 0 Å². The van der Waals surface area contributed by atoms with Gasteiger partial charge >= 0.3 is 0 Å². The van der Waals surface area contributed by atoms with Crippen molar-refractivity contribution in [3.63, 3.8) is 0 Å². The van der Waals surface area contributed by atoms with Gasteiger partial charge in [-0.2, -0.15) is 10.2 Å². The summed E-state index contributed by atoms with van der Waals surface area (Å²) in [6, 6.07) is 7.95. The highest BCUT2D eigenvalue weighted by Gasteiger charge is 2.19. The second-order valence-electron chi connectivity index (χ2n) is 5.11. The fourth-order valence-corrected chi connectivity index (χ4v) is 2.61. The number of hydrogen-bond donors (Lipinski definition) is 2. The van der Waals surface area contributed by atoms with Crippen molar-refractivity contribution in [1.29, 1.82) is 0 Å². The van der Waals surface area contributed by atoms with Crippen molar-refractivity contribution in [2.24, 2.45) is 0 Å². The lowest BCUT2D eigenvalue weighted by Gasteiger charge is -2.07. The second-order valence-corrected chi connectivity index (χ2v) is 5.11. The Morgan fingerprint density at radius 3 is 2.71 bits per heavy atom. The number of nitrogens with one attached hydrogen (secondary N) is 2. The molecule has 2 N–H and O–H groups in total. The largest absolute Gasteiger partial charge is 0.491 e. The van der Waals surface area contributed by atoms with E-state index in [-0.39, 0.29) is 5.56 Å². The number of fused-ring (bicyclic) bond motifs is 1. The van der Waals surface area contributed by atoms with Crippen LogP contribution in [0.1, 0.15) is 0 Å². The SMILES string of the molecule is COc1c(F)ccc(-c2n[nH]c3ccc(-c4ncn[nH]4)cc23)c1F. The minimum absolute atomic E-state index is 0.147. The maximum absolute atomic E-state index is 14.6. The van der Waals surface area contributed by atoms with Crippen LogP contribution in [0.5, 0.6) is 5.75 Å². The quantitative estimate of drug-likeness (QED) is 0.605. The van der Waals surface area contributed by atoms with E-state index in [9.17, 15) is 8.78 Å². The highest BCUT2D eigenvalue weighted by Crippen LogP contribution is 2.35. The molecule has 0 saturated heterocycles. The van der Waals surface area contributed by atoms with E-state index in [0.717, 1.165) is 17.1 Å². The molecule has 8 heteroatoms. The van der Waals surface area contributed by atoms with Gasteiger partial charge in [0, 0.05) is 16.5 Å². The molecule has 0 bridgehead atoms. The molecule has 24 heavy (non-hydrogen) atoms. The van der Waals surface area contributed by atoms with Crippen molar-refractivity contribution < 1.29 is 13.5 Å². The van der Waals surface area contributed by atoms with Crippen LogP contribution in [0.3, 0.4) is 0 Å². The first-order valence-electron chi connectivity index (χ1n) is 7.05. The number of hydrogen-bond acceptors (Lipinski definition) is 4. The van der Waals surface area contributed by atoms with Crippen LogP contribution in [0.15, 0.2) is 36.7 Å². The molecule has 0 fully saturated rings. The summed E-state index contributed by atoms with van der Waals surface area (Å²) < 4.78 is 33.0. The fraction of sp³-hybridized carbons (Fsp3) is 0.0625. The van der Waals surface area contributed by atoms with Crippen LogP contribution in [0.25, 0.3) is 33.5 Å². The molecule has 2 aromatic carbocycles. The summed E-state index contributed by atoms with van der Waals surface area (Å²) in [6.45, 7) is 0. The van der Waals surface area contributed by atoms with Crippen molar-refractivity contribution in [2.75, 3.05) is 7.11 Å². The van der Waals surface area contributed by atoms with Crippen molar-refractivity contribution in [1.82, 2.24) is 25.4 Å². The number of benzene rings is 2. The first kappa shape index (κ1) is 14.3. The van der Waals surface area contributed by atoms with E-state index in [4.69, 9.17) is 4.74 Å². The number of halogens is 2. The Bertz CT molecular complexity index is 1030. The average molecular weight is 327 g/mol. The van der Waals surface area contributed by atoms with Crippen LogP contribution < -0.4 is 4.74 Å². The molecule has 120 valence electrons. The third-order valence-electron chi connectivity index (χ3n) is 3.76. The van der Waals surface area contributed by atoms with Crippen molar-refractivity contribution in [3.8, 4) is 28.4 Å². The van der Waals surface area contributed by atoms with Crippen LogP contribution in [0.2, 0.25) is 0 Å². The fourth-order valence-electron chi connectivity index (χ4n) is 2.61. The molecule has 4 aromatic rings. The van der Waals surface area contributed by atoms with Gasteiger partial charge < -0.3 is 4.74 Å². The standard InChI is InChI=1S/C16H11F2N5O/c1-24-15-11(17)4-3-9(13(15)18)14-10-6-8(16-19-7-20-23-16)2-5-12(10)21-22-14/h2-7H,1H3,(H,21,22)(H,19,20,23). The first-order chi connectivity index (χ1) is 11.7. The van der Waals surface area contributed by atoms with Crippen LogP contribution in [0, 0.1) is 11.6 Å². The van der Waals surface area contributed by atoms with E-state index in [0.29, 0.717) is 16.9 Å². The van der Waals surface area contributed by atoms with Gasteiger partial charge in [0.05, 0.1) is 12.6 Å². The van der Waals surface area contributed by atoms with E-state index >= 15 is 0 Å². The normalized spacial score (nSPS) is 11.1. The molecule has 6 nitrogen and oxygen atoms in total. The number of methoxy groups -OCH3 is 1. The zero-order valence-electron chi connectivity index (χ0n) is 12.5. The first-order valence-corrected chi connectivity index (χ1v) is 7.05. The molecular weight excluding hydrogens is 316 g/mol. The molecule has 2 heterocycles. The topological polar surface area (TPSA) is 79.5 Å². The number of aromatic nitrogens is 5. The lowest BCUT2D eigenvalue weighted by molar-refractivity contribution is 0.360. The van der Waals surface area contributed by atoms with Gasteiger partial charge in [0.25, 0.3) is 0 Å². The number of H-pyrrole nitrogens is 2. The summed E-state index contributed by atoms with van der Waals surface area (Å²) in [5.41, 5.74) is 2.00. The predicted molar refractivity (Wildman–Crippen MR) is 83.4 cm³/mol. The number of aromatic amines is 2. The molecule has 0 saturated carbocycles. The van der Waals surface area contributed by atoms with E-state index in [2.05, 4.69) is 25.4 Å². The van der Waals surface area contributed by atoms with Crippen LogP contribution in [-0.4, -0.2) is 32.5 Å². The monoisotopic (exact) mass is 327 g/mol. The molecule has 0 aliphatic heterocycles. The summed E-state index contributed by atoms with van der Waals surface area (Å²) in [5, 5.41) is 14.3. The van der Waals surface area contributed by atoms with Gasteiger partial charge in [-0.05, 0) is 30.3 Å². The van der Waals surface area contributed by atoms with Crippen molar-refractivity contribution in [3.05, 3.63) is 48.3 Å². The molecule has 0 aliphatic rings. The van der Waals surface area contributed by atoms with Crippen LogP contribution in [0.4, 0.5) is 8.78 Å². The van der Waals surface area contributed by atoms with Crippen molar-refractivity contribution >= 4 is 10.9 Å². The van der Waals surface area contributed by atoms with Crippen LogP contribution >= 0.6 is 0 Å². The van der Waals surface area contributed by atoms with E-state index in [1.54, 1.807) is 0 Å². The maximum atomic E-state index is 14.6.